The molecule has 1 N–H and O–H groups in total. The topological polar surface area (TPSA) is 63.7 Å². The molecule has 1 aromatic heterocycles. The van der Waals surface area contributed by atoms with Crippen LogP contribution in [0, 0.1) is 5.92 Å². The van der Waals surface area contributed by atoms with Gasteiger partial charge in [0, 0.05) is 50.4 Å². The highest BCUT2D eigenvalue weighted by atomic mass is 19.4. The van der Waals surface area contributed by atoms with Crippen molar-refractivity contribution in [1.82, 2.24) is 15.2 Å². The third-order valence-corrected chi connectivity index (χ3v) is 5.30. The minimum absolute atomic E-state index is 0.00739. The molecule has 0 atom stereocenters. The Labute approximate surface area is 192 Å². The Morgan fingerprint density at radius 1 is 1.18 bits per heavy atom. The van der Waals surface area contributed by atoms with Crippen LogP contribution in [0.1, 0.15) is 44.2 Å². The Bertz CT molecular complexity index is 896. The van der Waals surface area contributed by atoms with Crippen LogP contribution in [-0.4, -0.2) is 41.3 Å². The number of carbonyl (C=O) groups excluding carboxylic acids is 1. The van der Waals surface area contributed by atoms with E-state index in [0.717, 1.165) is 18.4 Å². The van der Waals surface area contributed by atoms with Crippen LogP contribution in [0.25, 0.3) is 0 Å². The first-order chi connectivity index (χ1) is 15.7. The van der Waals surface area contributed by atoms with Crippen molar-refractivity contribution in [2.75, 3.05) is 13.1 Å². The molecule has 2 aromatic rings. The van der Waals surface area contributed by atoms with Crippen LogP contribution in [0.15, 0.2) is 42.6 Å². The van der Waals surface area contributed by atoms with E-state index >= 15 is 0 Å². The monoisotopic (exact) mass is 465 g/mol. The van der Waals surface area contributed by atoms with Gasteiger partial charge in [0.1, 0.15) is 11.9 Å². The molecule has 0 bridgehead atoms. The number of alkyl halides is 3. The fourth-order valence-electron chi connectivity index (χ4n) is 3.68. The molecule has 1 aromatic carbocycles. The van der Waals surface area contributed by atoms with Gasteiger partial charge >= 0.3 is 6.36 Å². The number of ether oxygens (including phenoxy) is 2. The molecule has 0 unspecified atom stereocenters. The van der Waals surface area contributed by atoms with Crippen LogP contribution in [-0.2, 0) is 17.9 Å². The van der Waals surface area contributed by atoms with Crippen LogP contribution >= 0.6 is 0 Å². The summed E-state index contributed by atoms with van der Waals surface area (Å²) >= 11 is 0. The van der Waals surface area contributed by atoms with Crippen molar-refractivity contribution in [2.45, 2.75) is 58.7 Å². The van der Waals surface area contributed by atoms with Crippen molar-refractivity contribution in [3.63, 3.8) is 0 Å². The predicted molar refractivity (Wildman–Crippen MR) is 118 cm³/mol. The first-order valence-corrected chi connectivity index (χ1v) is 11.1. The fourth-order valence-corrected chi connectivity index (χ4v) is 3.68. The Hall–Kier alpha value is -2.81. The van der Waals surface area contributed by atoms with Gasteiger partial charge in [-0.25, -0.2) is 4.98 Å². The van der Waals surface area contributed by atoms with E-state index in [0.29, 0.717) is 50.0 Å². The van der Waals surface area contributed by atoms with E-state index in [2.05, 4.69) is 19.9 Å². The van der Waals surface area contributed by atoms with E-state index < -0.39 is 6.36 Å². The lowest BCUT2D eigenvalue weighted by atomic mass is 10.1. The normalized spacial score (nSPS) is 15.5. The van der Waals surface area contributed by atoms with Gasteiger partial charge in [0.15, 0.2) is 0 Å². The van der Waals surface area contributed by atoms with Crippen molar-refractivity contribution >= 4 is 5.91 Å². The van der Waals surface area contributed by atoms with Crippen molar-refractivity contribution in [3.05, 3.63) is 53.7 Å². The number of aromatic nitrogens is 1. The molecule has 1 saturated heterocycles. The zero-order chi connectivity index (χ0) is 23.8. The number of pyridine rings is 1. The number of para-hydroxylation sites is 1. The maximum Gasteiger partial charge on any atom is 0.573 e. The highest BCUT2D eigenvalue weighted by Crippen LogP contribution is 2.28. The third kappa shape index (κ3) is 8.57. The molecular formula is C24H30F3N3O3. The quantitative estimate of drug-likeness (QED) is 0.582. The molecule has 1 fully saturated rings. The van der Waals surface area contributed by atoms with Gasteiger partial charge in [-0.15, -0.1) is 13.2 Å². The van der Waals surface area contributed by atoms with Gasteiger partial charge in [-0.2, -0.15) is 0 Å². The minimum Gasteiger partial charge on any atom is -0.474 e. The van der Waals surface area contributed by atoms with Crippen LogP contribution < -0.4 is 14.8 Å². The zero-order valence-electron chi connectivity index (χ0n) is 18.9. The molecule has 1 aliphatic rings. The summed E-state index contributed by atoms with van der Waals surface area (Å²) < 4.78 is 48.0. The molecule has 9 heteroatoms. The highest BCUT2D eigenvalue weighted by Gasteiger charge is 2.32. The lowest BCUT2D eigenvalue weighted by Crippen LogP contribution is -2.38. The van der Waals surface area contributed by atoms with E-state index in [1.807, 2.05) is 19.9 Å². The van der Waals surface area contributed by atoms with Crippen molar-refractivity contribution in [2.24, 2.45) is 5.92 Å². The summed E-state index contributed by atoms with van der Waals surface area (Å²) in [5, 5.41) is 2.88. The van der Waals surface area contributed by atoms with Gasteiger partial charge < -0.3 is 14.8 Å². The van der Waals surface area contributed by atoms with Gasteiger partial charge in [-0.1, -0.05) is 38.1 Å². The van der Waals surface area contributed by atoms with E-state index in [-0.39, 0.29) is 17.8 Å². The maximum absolute atomic E-state index is 12.6. The van der Waals surface area contributed by atoms with Crippen molar-refractivity contribution in [1.29, 1.82) is 0 Å². The Morgan fingerprint density at radius 3 is 2.55 bits per heavy atom. The first-order valence-electron chi connectivity index (χ1n) is 11.1. The molecule has 33 heavy (non-hydrogen) atoms. The number of nitrogens with zero attached hydrogens (tertiary/aromatic N) is 2. The number of hydrogen-bond donors (Lipinski definition) is 1. The Morgan fingerprint density at radius 2 is 1.91 bits per heavy atom. The molecule has 2 heterocycles. The minimum atomic E-state index is -4.71. The number of amides is 1. The van der Waals surface area contributed by atoms with Crippen LogP contribution in [0.5, 0.6) is 11.6 Å². The van der Waals surface area contributed by atoms with Gasteiger partial charge in [-0.3, -0.25) is 9.69 Å². The predicted octanol–water partition coefficient (Wildman–Crippen LogP) is 4.69. The number of piperidine rings is 1. The number of halogens is 3. The molecule has 3 rings (SSSR count). The number of hydrogen-bond acceptors (Lipinski definition) is 5. The highest BCUT2D eigenvalue weighted by molar-refractivity contribution is 5.76. The van der Waals surface area contributed by atoms with E-state index in [1.165, 1.54) is 12.1 Å². The number of carbonyl (C=O) groups is 1. The van der Waals surface area contributed by atoms with Gasteiger partial charge in [0.25, 0.3) is 0 Å². The van der Waals surface area contributed by atoms with E-state index in [1.54, 1.807) is 24.4 Å². The maximum atomic E-state index is 12.6. The average Bonchev–Trinajstić information content (AvgIpc) is 2.74. The largest absolute Gasteiger partial charge is 0.573 e. The van der Waals surface area contributed by atoms with Gasteiger partial charge in [-0.05, 0) is 30.4 Å². The van der Waals surface area contributed by atoms with Gasteiger partial charge in [0.2, 0.25) is 11.8 Å². The Balaban J connectivity index is 1.44. The van der Waals surface area contributed by atoms with E-state index in [9.17, 15) is 18.0 Å². The summed E-state index contributed by atoms with van der Waals surface area (Å²) in [5.41, 5.74) is 1.40. The number of benzene rings is 1. The van der Waals surface area contributed by atoms with E-state index in [4.69, 9.17) is 4.74 Å². The average molecular weight is 466 g/mol. The van der Waals surface area contributed by atoms with Gasteiger partial charge in [0.05, 0.1) is 0 Å². The molecule has 6 nitrogen and oxygen atoms in total. The van der Waals surface area contributed by atoms with Crippen molar-refractivity contribution in [3.8, 4) is 11.6 Å². The zero-order valence-corrected chi connectivity index (χ0v) is 18.9. The molecule has 0 aliphatic carbocycles. The molecule has 1 amide bonds. The first kappa shape index (κ1) is 24.8. The van der Waals surface area contributed by atoms with Crippen LogP contribution in [0.3, 0.4) is 0 Å². The standard InChI is InChI=1S/C24H30F3N3O3/c1-17(2)13-22(31)28-14-18-7-8-23(29-15-18)32-20-9-11-30(12-10-20)16-19-5-3-4-6-21(19)33-24(25,26)27/h3-8,15,17,20H,9-14,16H2,1-2H3,(H,28,31). The molecule has 180 valence electrons. The van der Waals surface area contributed by atoms with Crippen molar-refractivity contribution < 1.29 is 27.4 Å². The summed E-state index contributed by atoms with van der Waals surface area (Å²) in [4.78, 5) is 18.2. The summed E-state index contributed by atoms with van der Waals surface area (Å²) in [6.07, 6.45) is -1.04. The fraction of sp³-hybridized carbons (Fsp3) is 0.500. The smallest absolute Gasteiger partial charge is 0.474 e. The second-order valence-electron chi connectivity index (χ2n) is 8.63. The lowest BCUT2D eigenvalue weighted by Gasteiger charge is -2.32. The molecule has 0 radical (unpaired) electrons. The second-order valence-corrected chi connectivity index (χ2v) is 8.63. The second kappa shape index (κ2) is 11.4. The molecule has 0 saturated carbocycles. The van der Waals surface area contributed by atoms with Crippen LogP contribution in [0.2, 0.25) is 0 Å². The summed E-state index contributed by atoms with van der Waals surface area (Å²) in [7, 11) is 0. The lowest BCUT2D eigenvalue weighted by molar-refractivity contribution is -0.275. The summed E-state index contributed by atoms with van der Waals surface area (Å²) in [5.74, 6) is 0.695. The SMILES string of the molecule is CC(C)CC(=O)NCc1ccc(OC2CCN(Cc3ccccc3OC(F)(F)F)CC2)nc1. The third-order valence-electron chi connectivity index (χ3n) is 5.30. The summed E-state index contributed by atoms with van der Waals surface area (Å²) in [6.45, 7) is 6.21. The van der Waals surface area contributed by atoms with Crippen LogP contribution in [0.4, 0.5) is 13.2 Å². The molecule has 1 aliphatic heterocycles. The molecule has 0 spiro atoms. The summed E-state index contributed by atoms with van der Waals surface area (Å²) in [6, 6.07) is 9.90. The Kier molecular flexibility index (Phi) is 8.55. The number of rotatable bonds is 9. The molecular weight excluding hydrogens is 435 g/mol. The number of likely N-dealkylation sites (tertiary alicyclic amines) is 1. The number of nitrogens with one attached hydrogen (secondary N) is 1.